The van der Waals surface area contributed by atoms with E-state index in [0.717, 1.165) is 23.2 Å². The SMILES string of the molecule is Nc1nc2ccc(OC3CC3)nc2s1. The molecule has 2 heterocycles. The minimum atomic E-state index is 0.380. The number of ether oxygens (including phenoxy) is 1. The van der Waals surface area contributed by atoms with Gasteiger partial charge in [-0.05, 0) is 18.9 Å². The molecule has 0 amide bonds. The van der Waals surface area contributed by atoms with E-state index in [1.54, 1.807) is 0 Å². The Labute approximate surface area is 84.7 Å². The van der Waals surface area contributed by atoms with Crippen molar-refractivity contribution < 1.29 is 4.74 Å². The molecule has 2 aromatic heterocycles. The van der Waals surface area contributed by atoms with Gasteiger partial charge in [0.1, 0.15) is 16.5 Å². The highest BCUT2D eigenvalue weighted by Crippen LogP contribution is 2.28. The summed E-state index contributed by atoms with van der Waals surface area (Å²) in [6, 6.07) is 3.74. The second-order valence-electron chi connectivity index (χ2n) is 3.34. The summed E-state index contributed by atoms with van der Waals surface area (Å²) in [5.74, 6) is 0.684. The molecule has 0 saturated heterocycles. The Bertz CT molecular complexity index is 478. The first-order chi connectivity index (χ1) is 6.81. The van der Waals surface area contributed by atoms with Crippen LogP contribution in [0.2, 0.25) is 0 Å². The van der Waals surface area contributed by atoms with Crippen molar-refractivity contribution in [3.05, 3.63) is 12.1 Å². The van der Waals surface area contributed by atoms with Crippen molar-refractivity contribution in [1.29, 1.82) is 0 Å². The van der Waals surface area contributed by atoms with Gasteiger partial charge < -0.3 is 10.5 Å². The van der Waals surface area contributed by atoms with Gasteiger partial charge >= 0.3 is 0 Å². The average Bonchev–Trinajstić information content (AvgIpc) is 2.86. The van der Waals surface area contributed by atoms with E-state index in [-0.39, 0.29) is 0 Å². The lowest BCUT2D eigenvalue weighted by Crippen LogP contribution is -1.97. The number of anilines is 1. The maximum atomic E-state index is 5.58. The quantitative estimate of drug-likeness (QED) is 0.815. The van der Waals surface area contributed by atoms with Crippen LogP contribution in [-0.4, -0.2) is 16.1 Å². The van der Waals surface area contributed by atoms with Crippen molar-refractivity contribution in [2.75, 3.05) is 5.73 Å². The van der Waals surface area contributed by atoms with E-state index >= 15 is 0 Å². The maximum Gasteiger partial charge on any atom is 0.214 e. The molecule has 72 valence electrons. The van der Waals surface area contributed by atoms with Gasteiger partial charge in [-0.3, -0.25) is 0 Å². The topological polar surface area (TPSA) is 61.0 Å². The summed E-state index contributed by atoms with van der Waals surface area (Å²) in [6.45, 7) is 0. The number of thiazole rings is 1. The van der Waals surface area contributed by atoms with Crippen molar-refractivity contribution in [3.8, 4) is 5.88 Å². The summed E-state index contributed by atoms with van der Waals surface area (Å²) in [6.07, 6.45) is 2.67. The number of hydrogen-bond acceptors (Lipinski definition) is 5. The van der Waals surface area contributed by atoms with Gasteiger partial charge in [-0.2, -0.15) is 0 Å². The number of aromatic nitrogens is 2. The lowest BCUT2D eigenvalue weighted by Gasteiger charge is -2.00. The van der Waals surface area contributed by atoms with Gasteiger partial charge in [0.15, 0.2) is 5.13 Å². The highest BCUT2D eigenvalue weighted by molar-refractivity contribution is 7.21. The number of nitrogen functional groups attached to an aromatic ring is 1. The zero-order chi connectivity index (χ0) is 9.54. The van der Waals surface area contributed by atoms with Crippen LogP contribution < -0.4 is 10.5 Å². The van der Waals surface area contributed by atoms with E-state index in [4.69, 9.17) is 10.5 Å². The van der Waals surface area contributed by atoms with Gasteiger partial charge in [0.2, 0.25) is 5.88 Å². The van der Waals surface area contributed by atoms with Crippen molar-refractivity contribution in [3.63, 3.8) is 0 Å². The lowest BCUT2D eigenvalue weighted by atomic mass is 10.4. The van der Waals surface area contributed by atoms with Gasteiger partial charge in [-0.25, -0.2) is 9.97 Å². The summed E-state index contributed by atoms with van der Waals surface area (Å²) < 4.78 is 5.57. The molecular formula is C9H9N3OS. The molecule has 0 radical (unpaired) electrons. The first-order valence-corrected chi connectivity index (χ1v) is 5.32. The molecule has 0 bridgehead atoms. The molecule has 3 rings (SSSR count). The van der Waals surface area contributed by atoms with Gasteiger partial charge in [0.05, 0.1) is 0 Å². The predicted octanol–water partition coefficient (Wildman–Crippen LogP) is 1.81. The third kappa shape index (κ3) is 1.39. The predicted molar refractivity (Wildman–Crippen MR) is 55.5 cm³/mol. The highest BCUT2D eigenvalue weighted by atomic mass is 32.1. The van der Waals surface area contributed by atoms with Crippen molar-refractivity contribution in [1.82, 2.24) is 9.97 Å². The largest absolute Gasteiger partial charge is 0.474 e. The Hall–Kier alpha value is -1.36. The molecule has 0 spiro atoms. The van der Waals surface area contributed by atoms with Crippen LogP contribution in [-0.2, 0) is 0 Å². The normalized spacial score (nSPS) is 16.0. The summed E-state index contributed by atoms with van der Waals surface area (Å²) >= 11 is 1.39. The minimum Gasteiger partial charge on any atom is -0.474 e. The molecular weight excluding hydrogens is 198 g/mol. The summed E-state index contributed by atoms with van der Waals surface area (Å²) in [4.78, 5) is 9.31. The number of pyridine rings is 1. The van der Waals surface area contributed by atoms with Crippen molar-refractivity contribution in [2.45, 2.75) is 18.9 Å². The van der Waals surface area contributed by atoms with Crippen LogP contribution >= 0.6 is 11.3 Å². The third-order valence-electron chi connectivity index (χ3n) is 2.06. The monoisotopic (exact) mass is 207 g/mol. The van der Waals surface area contributed by atoms with E-state index in [0.29, 0.717) is 17.1 Å². The number of fused-ring (bicyclic) bond motifs is 1. The fraction of sp³-hybridized carbons (Fsp3) is 0.333. The van der Waals surface area contributed by atoms with Crippen molar-refractivity contribution >= 4 is 26.8 Å². The smallest absolute Gasteiger partial charge is 0.214 e. The van der Waals surface area contributed by atoms with Crippen LogP contribution in [0.5, 0.6) is 5.88 Å². The molecule has 0 aromatic carbocycles. The molecule has 2 aromatic rings. The minimum absolute atomic E-state index is 0.380. The van der Waals surface area contributed by atoms with E-state index in [9.17, 15) is 0 Å². The second-order valence-corrected chi connectivity index (χ2v) is 4.35. The summed E-state index contributed by atoms with van der Waals surface area (Å²) in [5.41, 5.74) is 6.42. The summed E-state index contributed by atoms with van der Waals surface area (Å²) in [7, 11) is 0. The molecule has 1 aliphatic carbocycles. The van der Waals surface area contributed by atoms with Gasteiger partial charge in [-0.1, -0.05) is 11.3 Å². The first kappa shape index (κ1) is 7.99. The fourth-order valence-electron chi connectivity index (χ4n) is 1.24. The zero-order valence-electron chi connectivity index (χ0n) is 7.43. The zero-order valence-corrected chi connectivity index (χ0v) is 8.25. The Balaban J connectivity index is 2.00. The van der Waals surface area contributed by atoms with E-state index < -0.39 is 0 Å². The maximum absolute atomic E-state index is 5.58. The van der Waals surface area contributed by atoms with E-state index in [2.05, 4.69) is 9.97 Å². The van der Waals surface area contributed by atoms with Gasteiger partial charge in [0, 0.05) is 6.07 Å². The molecule has 1 saturated carbocycles. The molecule has 1 aliphatic rings. The van der Waals surface area contributed by atoms with Crippen LogP contribution in [0.4, 0.5) is 5.13 Å². The molecule has 4 nitrogen and oxygen atoms in total. The first-order valence-electron chi connectivity index (χ1n) is 4.51. The Kier molecular flexibility index (Phi) is 1.61. The molecule has 0 unspecified atom stereocenters. The standard InChI is InChI=1S/C9H9N3OS/c10-9-11-6-3-4-7(12-8(6)14-9)13-5-1-2-5/h3-5H,1-2H2,(H2,10,11). The van der Waals surface area contributed by atoms with Crippen LogP contribution in [0.25, 0.3) is 10.3 Å². The lowest BCUT2D eigenvalue weighted by molar-refractivity contribution is 0.292. The van der Waals surface area contributed by atoms with Crippen LogP contribution in [0.3, 0.4) is 0 Å². The Morgan fingerprint density at radius 1 is 1.36 bits per heavy atom. The Morgan fingerprint density at radius 2 is 2.21 bits per heavy atom. The number of hydrogen-bond donors (Lipinski definition) is 1. The number of rotatable bonds is 2. The molecule has 1 fully saturated rings. The molecule has 14 heavy (non-hydrogen) atoms. The molecule has 0 atom stereocenters. The molecule has 5 heteroatoms. The van der Waals surface area contributed by atoms with E-state index in [1.807, 2.05) is 12.1 Å². The van der Waals surface area contributed by atoms with E-state index in [1.165, 1.54) is 11.3 Å². The molecule has 2 N–H and O–H groups in total. The average molecular weight is 207 g/mol. The Morgan fingerprint density at radius 3 is 3.00 bits per heavy atom. The summed E-state index contributed by atoms with van der Waals surface area (Å²) in [5, 5.41) is 0.552. The van der Waals surface area contributed by atoms with Crippen molar-refractivity contribution in [2.24, 2.45) is 0 Å². The molecule has 0 aliphatic heterocycles. The van der Waals surface area contributed by atoms with Gasteiger partial charge in [-0.15, -0.1) is 0 Å². The fourth-order valence-corrected chi connectivity index (χ4v) is 1.94. The van der Waals surface area contributed by atoms with Crippen LogP contribution in [0.1, 0.15) is 12.8 Å². The number of nitrogens with two attached hydrogens (primary N) is 1. The second kappa shape index (κ2) is 2.81. The van der Waals surface area contributed by atoms with Crippen LogP contribution in [0, 0.1) is 0 Å². The van der Waals surface area contributed by atoms with Gasteiger partial charge in [0.25, 0.3) is 0 Å². The third-order valence-corrected chi connectivity index (χ3v) is 2.85. The van der Waals surface area contributed by atoms with Crippen LogP contribution in [0.15, 0.2) is 12.1 Å². The number of nitrogens with zero attached hydrogens (tertiary/aromatic N) is 2. The highest BCUT2D eigenvalue weighted by Gasteiger charge is 2.24.